The molecule has 10 unspecified atom stereocenters. The van der Waals surface area contributed by atoms with Crippen molar-refractivity contribution in [1.29, 1.82) is 0 Å². The average molecular weight is 623 g/mol. The van der Waals surface area contributed by atoms with Crippen LogP contribution in [-0.4, -0.2) is 130 Å². The second-order valence-electron chi connectivity index (χ2n) is 11.9. The highest BCUT2D eigenvalue weighted by molar-refractivity contribution is 6.30. The van der Waals surface area contributed by atoms with E-state index in [0.29, 0.717) is 45.4 Å². The molecule has 4 bridgehead atoms. The molecule has 0 radical (unpaired) electrons. The number of rotatable bonds is 4. The molecule has 1 aliphatic carbocycles. The van der Waals surface area contributed by atoms with E-state index in [1.807, 2.05) is 0 Å². The number of cyclic esters (lactones) is 1. The molecule has 1 N–H and O–H groups in total. The molecule has 4 rings (SSSR count). The van der Waals surface area contributed by atoms with Crippen molar-refractivity contribution >= 4 is 35.1 Å². The van der Waals surface area contributed by atoms with Crippen molar-refractivity contribution in [3.05, 3.63) is 0 Å². The van der Waals surface area contributed by atoms with Gasteiger partial charge in [-0.3, -0.25) is 14.9 Å². The van der Waals surface area contributed by atoms with Crippen LogP contribution in [0.3, 0.4) is 0 Å². The van der Waals surface area contributed by atoms with Gasteiger partial charge in [0.05, 0.1) is 41.5 Å². The van der Waals surface area contributed by atoms with E-state index in [9.17, 15) is 9.59 Å². The molecule has 1 saturated carbocycles. The van der Waals surface area contributed by atoms with Gasteiger partial charge < -0.3 is 33.5 Å². The van der Waals surface area contributed by atoms with Crippen molar-refractivity contribution in [2.45, 2.75) is 86.7 Å². The fourth-order valence-electron chi connectivity index (χ4n) is 6.54. The van der Waals surface area contributed by atoms with Gasteiger partial charge in [0.25, 0.3) is 0 Å². The van der Waals surface area contributed by atoms with Crippen molar-refractivity contribution in [2.75, 3.05) is 73.2 Å². The Morgan fingerprint density at radius 1 is 0.902 bits per heavy atom. The largest absolute Gasteiger partial charge is 0.465 e. The van der Waals surface area contributed by atoms with Crippen molar-refractivity contribution in [3.63, 3.8) is 0 Å². The van der Waals surface area contributed by atoms with Crippen molar-refractivity contribution in [3.8, 4) is 0 Å². The third kappa shape index (κ3) is 9.89. The van der Waals surface area contributed by atoms with E-state index in [4.69, 9.17) is 46.9 Å². The molecule has 0 spiro atoms. The first-order chi connectivity index (χ1) is 19.9. The van der Waals surface area contributed by atoms with E-state index in [1.54, 1.807) is 14.2 Å². The highest BCUT2D eigenvalue weighted by Crippen LogP contribution is 2.32. The van der Waals surface area contributed by atoms with Gasteiger partial charge in [0.2, 0.25) is 0 Å². The first-order valence-electron chi connectivity index (χ1n) is 15.4. The highest BCUT2D eigenvalue weighted by Gasteiger charge is 2.42. The fraction of sp³-hybridized carbons (Fsp3) is 0.931. The van der Waals surface area contributed by atoms with Gasteiger partial charge in [-0.2, -0.15) is 0 Å². The summed E-state index contributed by atoms with van der Waals surface area (Å²) in [7, 11) is 3.30. The average Bonchev–Trinajstić information content (AvgIpc) is 3.21. The fourth-order valence-corrected chi connectivity index (χ4v) is 7.03. The lowest BCUT2D eigenvalue weighted by molar-refractivity contribution is -0.172. The normalized spacial score (nSPS) is 40.3. The van der Waals surface area contributed by atoms with E-state index < -0.39 is 0 Å². The van der Waals surface area contributed by atoms with Gasteiger partial charge in [0, 0.05) is 53.6 Å². The predicted molar refractivity (Wildman–Crippen MR) is 156 cm³/mol. The number of carbonyl (C=O) groups excluding carboxylic acids is 2. The zero-order valence-corrected chi connectivity index (χ0v) is 26.2. The molecule has 10 nitrogen and oxygen atoms in total. The standard InChI is InChI=1S/C29H49Cl2N3O7/c1-37-24-17-20-18-25(26(24)38-2)39-14-3-6-22(41-29(36)21-16-23(30)27(31)32-19-21)7-11-34-9-4-8-33(12-13-34)10-5-15-40-28(20)35/h20-27,32H,3-19H2,1-2H3. The molecule has 0 aromatic rings. The number of nitrogens with one attached hydrogen (secondary N) is 1. The molecule has 3 aliphatic heterocycles. The Morgan fingerprint density at radius 2 is 1.66 bits per heavy atom. The van der Waals surface area contributed by atoms with Gasteiger partial charge in [-0.05, 0) is 64.5 Å². The zero-order valence-electron chi connectivity index (χ0n) is 24.6. The summed E-state index contributed by atoms with van der Waals surface area (Å²) in [6.45, 7) is 7.16. The summed E-state index contributed by atoms with van der Waals surface area (Å²) in [5.74, 6) is -0.991. The number of methoxy groups -OCH3 is 2. The quantitative estimate of drug-likeness (QED) is 0.286. The number of carbonyl (C=O) groups is 2. The van der Waals surface area contributed by atoms with Crippen LogP contribution in [0.15, 0.2) is 0 Å². The number of esters is 2. The lowest BCUT2D eigenvalue weighted by Gasteiger charge is -2.39. The SMILES string of the molecule is COC1CC2CC(OCCCC(OC(=O)C3CNC(Cl)C(Cl)C3)CCN3CCCN(CCCOC2=O)CC3)C1OC. The molecule has 0 aromatic heterocycles. The van der Waals surface area contributed by atoms with Crippen LogP contribution in [0.5, 0.6) is 0 Å². The summed E-state index contributed by atoms with van der Waals surface area (Å²) in [5.41, 5.74) is -0.337. The molecule has 4 aliphatic rings. The smallest absolute Gasteiger partial charge is 0.310 e. The van der Waals surface area contributed by atoms with E-state index in [2.05, 4.69) is 15.1 Å². The second-order valence-corrected chi connectivity index (χ2v) is 12.9. The Labute approximate surface area is 255 Å². The third-order valence-corrected chi connectivity index (χ3v) is 10.0. The Bertz CT molecular complexity index is 827. The Balaban J connectivity index is 1.42. The lowest BCUT2D eigenvalue weighted by atomic mass is 9.83. The molecule has 0 amide bonds. The summed E-state index contributed by atoms with van der Waals surface area (Å²) in [4.78, 5) is 31.0. The first kappa shape index (κ1) is 33.2. The molecular weight excluding hydrogens is 573 g/mol. The molecular formula is C29H49Cl2N3O7. The Morgan fingerprint density at radius 3 is 2.39 bits per heavy atom. The van der Waals surface area contributed by atoms with Crippen LogP contribution in [0.1, 0.15) is 51.4 Å². The van der Waals surface area contributed by atoms with Crippen molar-refractivity contribution < 1.29 is 33.3 Å². The molecule has 4 fully saturated rings. The molecule has 41 heavy (non-hydrogen) atoms. The molecule has 0 aromatic carbocycles. The number of nitrogens with zero attached hydrogens (tertiary/aromatic N) is 2. The second kappa shape index (κ2) is 16.9. The van der Waals surface area contributed by atoms with Crippen LogP contribution in [0.4, 0.5) is 0 Å². The number of alkyl halides is 2. The van der Waals surface area contributed by atoms with Gasteiger partial charge in [-0.25, -0.2) is 0 Å². The molecule has 236 valence electrons. The summed E-state index contributed by atoms with van der Waals surface area (Å²) >= 11 is 12.5. The zero-order chi connectivity index (χ0) is 29.2. The lowest BCUT2D eigenvalue weighted by Crippen LogP contribution is -2.49. The van der Waals surface area contributed by atoms with Crippen LogP contribution in [0.25, 0.3) is 0 Å². The number of halogens is 2. The van der Waals surface area contributed by atoms with E-state index in [1.165, 1.54) is 0 Å². The van der Waals surface area contributed by atoms with Gasteiger partial charge in [-0.15, -0.1) is 23.2 Å². The molecule has 3 heterocycles. The minimum absolute atomic E-state index is 0.181. The molecule has 3 saturated heterocycles. The highest BCUT2D eigenvalue weighted by atomic mass is 35.5. The van der Waals surface area contributed by atoms with E-state index in [0.717, 1.165) is 65.0 Å². The van der Waals surface area contributed by atoms with Crippen LogP contribution < -0.4 is 5.32 Å². The van der Waals surface area contributed by atoms with E-state index >= 15 is 0 Å². The summed E-state index contributed by atoms with van der Waals surface area (Å²) in [6, 6.07) is 0. The minimum atomic E-state index is -0.337. The van der Waals surface area contributed by atoms with Gasteiger partial charge >= 0.3 is 11.9 Å². The predicted octanol–water partition coefficient (Wildman–Crippen LogP) is 2.63. The number of hydrogen-bond donors (Lipinski definition) is 1. The topological polar surface area (TPSA) is 98.8 Å². The summed E-state index contributed by atoms with van der Waals surface area (Å²) < 4.78 is 29.6. The van der Waals surface area contributed by atoms with Crippen LogP contribution in [-0.2, 0) is 33.3 Å². The number of ether oxygens (including phenoxy) is 5. The monoisotopic (exact) mass is 621 g/mol. The van der Waals surface area contributed by atoms with Crippen LogP contribution in [0.2, 0.25) is 0 Å². The summed E-state index contributed by atoms with van der Waals surface area (Å²) in [5, 5.41) is 2.80. The minimum Gasteiger partial charge on any atom is -0.465 e. The maximum Gasteiger partial charge on any atom is 0.310 e. The van der Waals surface area contributed by atoms with Gasteiger partial charge in [0.1, 0.15) is 12.2 Å². The van der Waals surface area contributed by atoms with Crippen molar-refractivity contribution in [2.24, 2.45) is 11.8 Å². The molecule has 10 atom stereocenters. The first-order valence-corrected chi connectivity index (χ1v) is 16.3. The van der Waals surface area contributed by atoms with Crippen LogP contribution in [0, 0.1) is 11.8 Å². The number of hydrogen-bond acceptors (Lipinski definition) is 10. The number of fused-ring (bicyclic) bond motifs is 5. The Kier molecular flexibility index (Phi) is 13.7. The maximum absolute atomic E-state index is 13.1. The van der Waals surface area contributed by atoms with Crippen molar-refractivity contribution in [1.82, 2.24) is 15.1 Å². The molecule has 12 heteroatoms. The maximum atomic E-state index is 13.1. The van der Waals surface area contributed by atoms with Gasteiger partial charge in [-0.1, -0.05) is 0 Å². The van der Waals surface area contributed by atoms with Crippen LogP contribution >= 0.6 is 23.2 Å². The number of piperidine rings is 1. The van der Waals surface area contributed by atoms with E-state index in [-0.39, 0.29) is 59.1 Å². The Hall–Kier alpha value is -0.720. The third-order valence-electron chi connectivity index (χ3n) is 8.99. The van der Waals surface area contributed by atoms with Gasteiger partial charge in [0.15, 0.2) is 0 Å². The summed E-state index contributed by atoms with van der Waals surface area (Å²) in [6.07, 6.45) is 4.67.